The van der Waals surface area contributed by atoms with Gasteiger partial charge >= 0.3 is 0 Å². The summed E-state index contributed by atoms with van der Waals surface area (Å²) in [6.45, 7) is 1.54. The van der Waals surface area contributed by atoms with Crippen molar-refractivity contribution in [3.8, 4) is 0 Å². The normalized spacial score (nSPS) is 17.7. The Morgan fingerprint density at radius 2 is 1.93 bits per heavy atom. The highest BCUT2D eigenvalue weighted by Gasteiger charge is 2.32. The lowest BCUT2D eigenvalue weighted by Gasteiger charge is -2.21. The first-order valence-electron chi connectivity index (χ1n) is 8.25. The molecule has 1 heterocycles. The molecule has 2 aromatic rings. The van der Waals surface area contributed by atoms with Gasteiger partial charge in [-0.3, -0.25) is 9.59 Å². The predicted octanol–water partition coefficient (Wildman–Crippen LogP) is 2.60. The van der Waals surface area contributed by atoms with Crippen LogP contribution in [0.1, 0.15) is 18.1 Å². The number of amides is 2. The van der Waals surface area contributed by atoms with Crippen LogP contribution in [-0.4, -0.2) is 36.8 Å². The number of nitrogens with one attached hydrogen (secondary N) is 1. The lowest BCUT2D eigenvalue weighted by molar-refractivity contribution is -0.127. The second-order valence-electron chi connectivity index (χ2n) is 6.22. The van der Waals surface area contributed by atoms with Gasteiger partial charge in [-0.15, -0.1) is 0 Å². The van der Waals surface area contributed by atoms with E-state index in [-0.39, 0.29) is 0 Å². The van der Waals surface area contributed by atoms with Crippen molar-refractivity contribution in [1.82, 2.24) is 5.32 Å². The molecule has 8 heteroatoms. The van der Waals surface area contributed by atoms with Gasteiger partial charge in [0.2, 0.25) is 12.1 Å². The zero-order valence-electron chi connectivity index (χ0n) is 14.7. The van der Waals surface area contributed by atoms with Crippen LogP contribution < -0.4 is 16.0 Å². The second kappa shape index (κ2) is 7.68. The number of rotatable bonds is 3. The topological polar surface area (TPSA) is 87.8 Å². The highest BCUT2D eigenvalue weighted by molar-refractivity contribution is 6.37. The lowest BCUT2D eigenvalue weighted by atomic mass is 10.00. The largest absolute Gasteiger partial charge is 0.325 e. The number of hydrogen-bond acceptors (Lipinski definition) is 4. The fraction of sp³-hybridized carbons (Fsp3) is 0.211. The fourth-order valence-corrected chi connectivity index (χ4v) is 3.17. The Balaban J connectivity index is 2.22. The predicted molar refractivity (Wildman–Crippen MR) is 108 cm³/mol. The van der Waals surface area contributed by atoms with E-state index in [2.05, 4.69) is 10.3 Å². The van der Waals surface area contributed by atoms with E-state index >= 15 is 0 Å². The SMILES string of the molecule is C[C@H](N)C(=O)NC1N=C(c2ccccc2Cl)c2cc(Cl)ccc2N(C)C1=O. The number of carbonyl (C=O) groups excluding carboxylic acids is 2. The maximum Gasteiger partial charge on any atom is 0.272 e. The van der Waals surface area contributed by atoms with Gasteiger partial charge in [-0.1, -0.05) is 41.4 Å². The van der Waals surface area contributed by atoms with Gasteiger partial charge in [-0.2, -0.15) is 0 Å². The third-order valence-electron chi connectivity index (χ3n) is 4.22. The Morgan fingerprint density at radius 1 is 1.22 bits per heavy atom. The third kappa shape index (κ3) is 3.83. The average Bonchev–Trinajstić information content (AvgIpc) is 2.72. The van der Waals surface area contributed by atoms with Crippen molar-refractivity contribution < 1.29 is 9.59 Å². The van der Waals surface area contributed by atoms with Crippen molar-refractivity contribution in [2.45, 2.75) is 19.1 Å². The molecule has 0 aromatic heterocycles. The molecule has 27 heavy (non-hydrogen) atoms. The van der Waals surface area contributed by atoms with E-state index in [0.717, 1.165) is 0 Å². The first-order chi connectivity index (χ1) is 12.8. The molecule has 140 valence electrons. The molecule has 1 aliphatic rings. The van der Waals surface area contributed by atoms with Crippen LogP contribution in [0.5, 0.6) is 0 Å². The number of likely N-dealkylation sites (N-methyl/N-ethyl adjacent to an activating group) is 1. The maximum atomic E-state index is 12.9. The molecule has 6 nitrogen and oxygen atoms in total. The van der Waals surface area contributed by atoms with Gasteiger partial charge in [-0.05, 0) is 31.2 Å². The molecule has 1 aliphatic heterocycles. The second-order valence-corrected chi connectivity index (χ2v) is 7.06. The molecular weight excluding hydrogens is 387 g/mol. The summed E-state index contributed by atoms with van der Waals surface area (Å²) in [5.41, 5.74) is 7.97. The molecule has 0 aliphatic carbocycles. The van der Waals surface area contributed by atoms with Gasteiger partial charge in [0.1, 0.15) is 0 Å². The fourth-order valence-electron chi connectivity index (χ4n) is 2.77. The van der Waals surface area contributed by atoms with E-state index in [9.17, 15) is 9.59 Å². The Morgan fingerprint density at radius 3 is 2.59 bits per heavy atom. The smallest absolute Gasteiger partial charge is 0.272 e. The molecule has 0 fully saturated rings. The van der Waals surface area contributed by atoms with E-state index in [1.54, 1.807) is 43.4 Å². The first kappa shape index (κ1) is 19.4. The van der Waals surface area contributed by atoms with E-state index in [1.165, 1.54) is 11.8 Å². The van der Waals surface area contributed by atoms with Crippen LogP contribution in [0.15, 0.2) is 47.5 Å². The number of carbonyl (C=O) groups is 2. The monoisotopic (exact) mass is 404 g/mol. The highest BCUT2D eigenvalue weighted by Crippen LogP contribution is 2.31. The number of aliphatic imine (C=N–C) groups is 1. The van der Waals surface area contributed by atoms with Crippen molar-refractivity contribution in [2.24, 2.45) is 10.7 Å². The Bertz CT molecular complexity index is 943. The van der Waals surface area contributed by atoms with Crippen molar-refractivity contribution in [2.75, 3.05) is 11.9 Å². The highest BCUT2D eigenvalue weighted by atomic mass is 35.5. The Hall–Kier alpha value is -2.41. The Kier molecular flexibility index (Phi) is 5.51. The quantitative estimate of drug-likeness (QED) is 0.823. The zero-order valence-corrected chi connectivity index (χ0v) is 16.3. The number of halogens is 2. The van der Waals surface area contributed by atoms with Crippen LogP contribution >= 0.6 is 23.2 Å². The van der Waals surface area contributed by atoms with E-state index in [0.29, 0.717) is 32.6 Å². The molecule has 0 radical (unpaired) electrons. The molecule has 1 unspecified atom stereocenters. The van der Waals surface area contributed by atoms with Gasteiger partial charge in [0, 0.05) is 28.2 Å². The van der Waals surface area contributed by atoms with Crippen molar-refractivity contribution >= 4 is 46.4 Å². The van der Waals surface area contributed by atoms with Gasteiger partial charge in [0.05, 0.1) is 17.4 Å². The van der Waals surface area contributed by atoms with Gasteiger partial charge in [0.15, 0.2) is 0 Å². The van der Waals surface area contributed by atoms with E-state index in [4.69, 9.17) is 28.9 Å². The summed E-state index contributed by atoms with van der Waals surface area (Å²) in [4.78, 5) is 31.0. The molecular formula is C19H18Cl2N4O2. The minimum absolute atomic E-state index is 0.394. The van der Waals surface area contributed by atoms with Crippen molar-refractivity contribution in [3.05, 3.63) is 63.6 Å². The molecule has 3 N–H and O–H groups in total. The minimum atomic E-state index is -1.13. The number of benzene rings is 2. The van der Waals surface area contributed by atoms with Crippen molar-refractivity contribution in [3.63, 3.8) is 0 Å². The van der Waals surface area contributed by atoms with Crippen LogP contribution in [0.3, 0.4) is 0 Å². The van der Waals surface area contributed by atoms with Crippen LogP contribution in [0.2, 0.25) is 10.0 Å². The molecule has 0 saturated carbocycles. The number of anilines is 1. The third-order valence-corrected chi connectivity index (χ3v) is 4.78. The van der Waals surface area contributed by atoms with Gasteiger partial charge in [0.25, 0.3) is 5.91 Å². The number of benzodiazepines with no additional fused rings is 1. The average molecular weight is 405 g/mol. The number of hydrogen-bond donors (Lipinski definition) is 2. The van der Waals surface area contributed by atoms with Crippen LogP contribution in [0.25, 0.3) is 0 Å². The molecule has 2 aromatic carbocycles. The summed E-state index contributed by atoms with van der Waals surface area (Å²) in [6.07, 6.45) is -1.13. The molecule has 2 amide bonds. The maximum absolute atomic E-state index is 12.9. The number of fused-ring (bicyclic) bond motifs is 1. The van der Waals surface area contributed by atoms with Crippen LogP contribution in [-0.2, 0) is 9.59 Å². The first-order valence-corrected chi connectivity index (χ1v) is 9.01. The summed E-state index contributed by atoms with van der Waals surface area (Å²) in [7, 11) is 1.62. The summed E-state index contributed by atoms with van der Waals surface area (Å²) in [5.74, 6) is -0.873. The summed E-state index contributed by atoms with van der Waals surface area (Å²) in [5, 5.41) is 3.55. The summed E-state index contributed by atoms with van der Waals surface area (Å²) >= 11 is 12.6. The molecule has 0 bridgehead atoms. The van der Waals surface area contributed by atoms with E-state index < -0.39 is 24.0 Å². The number of nitrogens with zero attached hydrogens (tertiary/aromatic N) is 2. The standard InChI is InChI=1S/C19H18Cl2N4O2/c1-10(22)18(26)24-17-19(27)25(2)15-8-7-11(20)9-13(15)16(23-17)12-5-3-4-6-14(12)21/h3-10,17H,22H2,1-2H3,(H,24,26)/t10-,17?/m0/s1. The minimum Gasteiger partial charge on any atom is -0.325 e. The molecule has 2 atom stereocenters. The van der Waals surface area contributed by atoms with E-state index in [1.807, 2.05) is 6.07 Å². The summed E-state index contributed by atoms with van der Waals surface area (Å²) < 4.78 is 0. The number of nitrogens with two attached hydrogens (primary N) is 1. The molecule has 0 spiro atoms. The molecule has 3 rings (SSSR count). The van der Waals surface area contributed by atoms with Crippen molar-refractivity contribution in [1.29, 1.82) is 0 Å². The lowest BCUT2D eigenvalue weighted by Crippen LogP contribution is -2.50. The Labute approximate surface area is 167 Å². The van der Waals surface area contributed by atoms with Crippen LogP contribution in [0.4, 0.5) is 5.69 Å². The van der Waals surface area contributed by atoms with Gasteiger partial charge < -0.3 is 16.0 Å². The molecule has 0 saturated heterocycles. The summed E-state index contributed by atoms with van der Waals surface area (Å²) in [6, 6.07) is 11.5. The zero-order chi connectivity index (χ0) is 19.7. The van der Waals surface area contributed by atoms with Crippen LogP contribution in [0, 0.1) is 0 Å². The van der Waals surface area contributed by atoms with Gasteiger partial charge in [-0.25, -0.2) is 4.99 Å².